The molecule has 31 heavy (non-hydrogen) atoms. The predicted molar refractivity (Wildman–Crippen MR) is 120 cm³/mol. The maximum atomic E-state index is 13.0. The minimum atomic E-state index is -0.335. The molecule has 6 nitrogen and oxygen atoms in total. The molecule has 2 aromatic heterocycles. The van der Waals surface area contributed by atoms with Crippen molar-refractivity contribution in [2.75, 3.05) is 11.9 Å². The van der Waals surface area contributed by atoms with E-state index in [0.29, 0.717) is 17.0 Å². The number of aromatic nitrogens is 4. The molecular weight excluding hydrogens is 393 g/mol. The second kappa shape index (κ2) is 9.04. The summed E-state index contributed by atoms with van der Waals surface area (Å²) in [5, 5.41) is 9.13. The normalized spacial score (nSPS) is 12.1. The smallest absolute Gasteiger partial charge is 0.275 e. The van der Waals surface area contributed by atoms with Crippen molar-refractivity contribution >= 4 is 16.6 Å². The van der Waals surface area contributed by atoms with E-state index >= 15 is 0 Å². The molecule has 1 atom stereocenters. The SMILES string of the molecule is Cc1nc(NCCCc2ccc(F)cc2)cc([C@H](C)n2ncc3ccccc3c2=O)n1. The number of rotatable bonds is 7. The summed E-state index contributed by atoms with van der Waals surface area (Å²) in [6, 6.07) is 15.5. The highest BCUT2D eigenvalue weighted by molar-refractivity contribution is 5.80. The summed E-state index contributed by atoms with van der Waals surface area (Å²) in [5.74, 6) is 1.11. The fraction of sp³-hybridized carbons (Fsp3) is 0.250. The molecule has 0 aliphatic rings. The summed E-state index contributed by atoms with van der Waals surface area (Å²) >= 11 is 0. The molecule has 0 aliphatic carbocycles. The molecule has 0 unspecified atom stereocenters. The van der Waals surface area contributed by atoms with Crippen LogP contribution >= 0.6 is 0 Å². The van der Waals surface area contributed by atoms with Crippen molar-refractivity contribution in [1.29, 1.82) is 0 Å². The van der Waals surface area contributed by atoms with E-state index in [0.717, 1.165) is 36.0 Å². The van der Waals surface area contributed by atoms with Crippen LogP contribution < -0.4 is 10.9 Å². The van der Waals surface area contributed by atoms with E-state index in [1.807, 2.05) is 44.2 Å². The Balaban J connectivity index is 1.47. The van der Waals surface area contributed by atoms with Gasteiger partial charge in [-0.05, 0) is 50.5 Å². The van der Waals surface area contributed by atoms with Crippen molar-refractivity contribution in [3.8, 4) is 0 Å². The van der Waals surface area contributed by atoms with Crippen LogP contribution in [0, 0.1) is 12.7 Å². The van der Waals surface area contributed by atoms with Gasteiger partial charge in [0.2, 0.25) is 0 Å². The molecule has 4 aromatic rings. The Morgan fingerprint density at radius 3 is 2.68 bits per heavy atom. The van der Waals surface area contributed by atoms with Crippen LogP contribution in [0.4, 0.5) is 10.2 Å². The van der Waals surface area contributed by atoms with E-state index in [1.165, 1.54) is 16.8 Å². The molecule has 0 radical (unpaired) electrons. The number of aryl methyl sites for hydroxylation is 2. The number of anilines is 1. The quantitative estimate of drug-likeness (QED) is 0.454. The highest BCUT2D eigenvalue weighted by Gasteiger charge is 2.15. The Labute approximate surface area is 179 Å². The third-order valence-electron chi connectivity index (χ3n) is 5.23. The molecule has 1 N–H and O–H groups in total. The lowest BCUT2D eigenvalue weighted by Gasteiger charge is -2.16. The van der Waals surface area contributed by atoms with Crippen molar-refractivity contribution in [2.45, 2.75) is 32.7 Å². The van der Waals surface area contributed by atoms with Gasteiger partial charge >= 0.3 is 0 Å². The van der Waals surface area contributed by atoms with Gasteiger partial charge in [0.1, 0.15) is 17.5 Å². The summed E-state index contributed by atoms with van der Waals surface area (Å²) in [4.78, 5) is 21.9. The third-order valence-corrected chi connectivity index (χ3v) is 5.23. The largest absolute Gasteiger partial charge is 0.370 e. The van der Waals surface area contributed by atoms with Gasteiger partial charge in [-0.3, -0.25) is 4.79 Å². The third kappa shape index (κ3) is 4.77. The van der Waals surface area contributed by atoms with Crippen LogP contribution in [-0.4, -0.2) is 26.3 Å². The summed E-state index contributed by atoms with van der Waals surface area (Å²) in [7, 11) is 0. The average molecular weight is 417 g/mol. The average Bonchev–Trinajstić information content (AvgIpc) is 2.77. The van der Waals surface area contributed by atoms with Crippen molar-refractivity contribution in [2.24, 2.45) is 0 Å². The highest BCUT2D eigenvalue weighted by Crippen LogP contribution is 2.18. The summed E-state index contributed by atoms with van der Waals surface area (Å²) < 4.78 is 14.5. The fourth-order valence-corrected chi connectivity index (χ4v) is 3.56. The molecule has 0 amide bonds. The Morgan fingerprint density at radius 2 is 1.87 bits per heavy atom. The van der Waals surface area contributed by atoms with E-state index in [1.54, 1.807) is 18.3 Å². The molecule has 2 aromatic carbocycles. The lowest BCUT2D eigenvalue weighted by atomic mass is 10.1. The Kier molecular flexibility index (Phi) is 6.02. The molecule has 158 valence electrons. The van der Waals surface area contributed by atoms with E-state index in [9.17, 15) is 9.18 Å². The van der Waals surface area contributed by atoms with Crippen molar-refractivity contribution in [3.63, 3.8) is 0 Å². The van der Waals surface area contributed by atoms with Gasteiger partial charge in [0, 0.05) is 18.0 Å². The first-order valence-corrected chi connectivity index (χ1v) is 10.3. The zero-order valence-corrected chi connectivity index (χ0v) is 17.5. The van der Waals surface area contributed by atoms with Gasteiger partial charge in [0.25, 0.3) is 5.56 Å². The molecule has 4 rings (SSSR count). The minimum absolute atomic E-state index is 0.143. The zero-order valence-electron chi connectivity index (χ0n) is 17.5. The van der Waals surface area contributed by atoms with Gasteiger partial charge in [-0.1, -0.05) is 30.3 Å². The molecule has 0 aliphatic heterocycles. The van der Waals surface area contributed by atoms with E-state index in [4.69, 9.17) is 0 Å². The van der Waals surface area contributed by atoms with Crippen LogP contribution in [0.1, 0.15) is 36.5 Å². The molecule has 0 bridgehead atoms. The van der Waals surface area contributed by atoms with Gasteiger partial charge in [0.15, 0.2) is 0 Å². The lowest BCUT2D eigenvalue weighted by molar-refractivity contribution is 0.523. The van der Waals surface area contributed by atoms with Crippen LogP contribution in [0.25, 0.3) is 10.8 Å². The second-order valence-electron chi connectivity index (χ2n) is 7.54. The molecule has 7 heteroatoms. The van der Waals surface area contributed by atoms with E-state index in [2.05, 4.69) is 20.4 Å². The Bertz CT molecular complexity index is 1250. The summed E-state index contributed by atoms with van der Waals surface area (Å²) in [6.07, 6.45) is 3.43. The first-order chi connectivity index (χ1) is 15.0. The first kappa shape index (κ1) is 20.7. The van der Waals surface area contributed by atoms with Gasteiger partial charge in [-0.25, -0.2) is 19.0 Å². The zero-order chi connectivity index (χ0) is 21.8. The molecule has 0 saturated heterocycles. The number of fused-ring (bicyclic) bond motifs is 1. The number of nitrogens with one attached hydrogen (secondary N) is 1. The van der Waals surface area contributed by atoms with Gasteiger partial charge in [0.05, 0.1) is 23.3 Å². The van der Waals surface area contributed by atoms with Crippen molar-refractivity contribution in [1.82, 2.24) is 19.7 Å². The predicted octanol–water partition coefficient (Wildman–Crippen LogP) is 4.29. The number of benzene rings is 2. The van der Waals surface area contributed by atoms with Crippen LogP contribution in [-0.2, 0) is 6.42 Å². The molecular formula is C24H24FN5O. The second-order valence-corrected chi connectivity index (χ2v) is 7.54. The standard InChI is InChI=1S/C24H24FN5O/c1-16(30-24(31)21-8-4-3-7-19(21)15-27-30)22-14-23(29-17(2)28-22)26-13-5-6-18-9-11-20(25)12-10-18/h3-4,7-12,14-16H,5-6,13H2,1-2H3,(H,26,28,29)/t16-/m0/s1. The van der Waals surface area contributed by atoms with Crippen molar-refractivity contribution < 1.29 is 4.39 Å². The van der Waals surface area contributed by atoms with Crippen LogP contribution in [0.3, 0.4) is 0 Å². The monoisotopic (exact) mass is 417 g/mol. The Morgan fingerprint density at radius 1 is 1.10 bits per heavy atom. The number of hydrogen-bond donors (Lipinski definition) is 1. The van der Waals surface area contributed by atoms with Crippen molar-refractivity contribution in [3.05, 3.63) is 94.0 Å². The minimum Gasteiger partial charge on any atom is -0.370 e. The van der Waals surface area contributed by atoms with E-state index < -0.39 is 0 Å². The lowest BCUT2D eigenvalue weighted by Crippen LogP contribution is -2.27. The van der Waals surface area contributed by atoms with Gasteiger partial charge in [-0.2, -0.15) is 5.10 Å². The topological polar surface area (TPSA) is 72.7 Å². The maximum Gasteiger partial charge on any atom is 0.275 e. The van der Waals surface area contributed by atoms with Gasteiger partial charge < -0.3 is 5.32 Å². The molecule has 0 saturated carbocycles. The number of nitrogens with zero attached hydrogens (tertiary/aromatic N) is 4. The number of hydrogen-bond acceptors (Lipinski definition) is 5. The summed E-state index contributed by atoms with van der Waals surface area (Å²) in [6.45, 7) is 4.45. The number of halogens is 1. The molecule has 0 fully saturated rings. The van der Waals surface area contributed by atoms with Crippen LogP contribution in [0.15, 0.2) is 65.6 Å². The highest BCUT2D eigenvalue weighted by atomic mass is 19.1. The van der Waals surface area contributed by atoms with Crippen LogP contribution in [0.2, 0.25) is 0 Å². The Hall–Kier alpha value is -3.61. The molecule has 0 spiro atoms. The summed E-state index contributed by atoms with van der Waals surface area (Å²) in [5.41, 5.74) is 1.67. The van der Waals surface area contributed by atoms with E-state index in [-0.39, 0.29) is 17.4 Å². The van der Waals surface area contributed by atoms with Gasteiger partial charge in [-0.15, -0.1) is 0 Å². The maximum absolute atomic E-state index is 13.0. The fourth-order valence-electron chi connectivity index (χ4n) is 3.56. The first-order valence-electron chi connectivity index (χ1n) is 10.3. The molecule has 2 heterocycles. The van der Waals surface area contributed by atoms with Crippen LogP contribution in [0.5, 0.6) is 0 Å².